The summed E-state index contributed by atoms with van der Waals surface area (Å²) in [6, 6.07) is 4.46. The van der Waals surface area contributed by atoms with Gasteiger partial charge in [0, 0.05) is 32.3 Å². The Morgan fingerprint density at radius 2 is 1.85 bits per heavy atom. The average Bonchev–Trinajstić information content (AvgIpc) is 3.24. The van der Waals surface area contributed by atoms with E-state index in [0.29, 0.717) is 23.0 Å². The number of carbonyl (C=O) groups is 3. The highest BCUT2D eigenvalue weighted by molar-refractivity contribution is 7.13. The third-order valence-electron chi connectivity index (χ3n) is 6.02. The minimum Gasteiger partial charge on any atom is -0.380 e. The van der Waals surface area contributed by atoms with Crippen LogP contribution in [0.4, 0.5) is 4.39 Å². The molecular weight excluding hydrogens is 447 g/mol. The Morgan fingerprint density at radius 3 is 2.48 bits per heavy atom. The molecule has 1 aromatic heterocycles. The summed E-state index contributed by atoms with van der Waals surface area (Å²) in [5, 5.41) is 9.20. The van der Waals surface area contributed by atoms with E-state index in [2.05, 4.69) is 10.2 Å². The van der Waals surface area contributed by atoms with Crippen LogP contribution < -0.4 is 0 Å². The number of rotatable bonds is 6. The molecule has 8 nitrogen and oxygen atoms in total. The zero-order valence-corrected chi connectivity index (χ0v) is 19.6. The number of nitrogens with zero attached hydrogens (tertiary/aromatic N) is 4. The molecule has 0 N–H and O–H groups in total. The molecule has 174 valence electrons. The number of benzene rings is 1. The monoisotopic (exact) mass is 472 g/mol. The van der Waals surface area contributed by atoms with Gasteiger partial charge in [-0.25, -0.2) is 4.39 Å². The van der Waals surface area contributed by atoms with Gasteiger partial charge in [-0.1, -0.05) is 23.5 Å². The van der Waals surface area contributed by atoms with E-state index < -0.39 is 23.5 Å². The van der Waals surface area contributed by atoms with Crippen molar-refractivity contribution in [2.45, 2.75) is 51.4 Å². The number of carbonyl (C=O) groups excluding carboxylic acids is 3. The third-order valence-corrected chi connectivity index (χ3v) is 6.98. The number of ether oxygens (including phenoxy) is 1. The first-order valence-electron chi connectivity index (χ1n) is 10.7. The Morgan fingerprint density at radius 1 is 1.15 bits per heavy atom. The van der Waals surface area contributed by atoms with Crippen molar-refractivity contribution in [2.75, 3.05) is 13.7 Å². The van der Waals surface area contributed by atoms with E-state index in [0.717, 1.165) is 5.56 Å². The fourth-order valence-electron chi connectivity index (χ4n) is 4.26. The van der Waals surface area contributed by atoms with Gasteiger partial charge in [0.25, 0.3) is 5.91 Å². The highest BCUT2D eigenvalue weighted by Gasteiger charge is 2.50. The van der Waals surface area contributed by atoms with Crippen molar-refractivity contribution in [1.29, 1.82) is 0 Å². The summed E-state index contributed by atoms with van der Waals surface area (Å²) in [6.45, 7) is 5.99. The van der Waals surface area contributed by atoms with E-state index in [1.807, 2.05) is 20.8 Å². The van der Waals surface area contributed by atoms with Crippen LogP contribution in [0.25, 0.3) is 5.57 Å². The van der Waals surface area contributed by atoms with Gasteiger partial charge >= 0.3 is 0 Å². The van der Waals surface area contributed by atoms with Crippen molar-refractivity contribution in [3.8, 4) is 0 Å². The van der Waals surface area contributed by atoms with E-state index in [1.54, 1.807) is 35.2 Å². The number of piperazine rings is 1. The van der Waals surface area contributed by atoms with Gasteiger partial charge in [-0.3, -0.25) is 14.4 Å². The van der Waals surface area contributed by atoms with Gasteiger partial charge in [0.15, 0.2) is 11.0 Å². The standard InChI is InChI=1S/C23H25FN4O4S/c1-12(2)28-17(13(3)32-4)11-27-10-16(20(29)21(30)19(27)23(28)31)22-26-25-18(33-22)9-14-5-7-15(24)8-6-14/h5-8,10,12-13,17,19H,9,11H2,1-4H3/t13-,17-,19?/m1/s1. The lowest BCUT2D eigenvalue weighted by molar-refractivity contribution is -0.158. The maximum atomic E-state index is 13.2. The Hall–Kier alpha value is -2.98. The Kier molecular flexibility index (Phi) is 6.40. The lowest BCUT2D eigenvalue weighted by Crippen LogP contribution is -2.68. The molecule has 2 aliphatic heterocycles. The van der Waals surface area contributed by atoms with Crippen LogP contribution in [-0.2, 0) is 25.5 Å². The minimum absolute atomic E-state index is 0.133. The van der Waals surface area contributed by atoms with Gasteiger partial charge in [0.05, 0.1) is 17.7 Å². The Labute approximate surface area is 195 Å². The maximum Gasteiger partial charge on any atom is 0.254 e. The van der Waals surface area contributed by atoms with E-state index in [-0.39, 0.29) is 29.6 Å². The second-order valence-corrected chi connectivity index (χ2v) is 9.55. The number of allylic oxidation sites excluding steroid dienone is 1. The third kappa shape index (κ3) is 4.32. The zero-order valence-electron chi connectivity index (χ0n) is 18.8. The van der Waals surface area contributed by atoms with Gasteiger partial charge in [0.1, 0.15) is 10.8 Å². The van der Waals surface area contributed by atoms with Crippen molar-refractivity contribution >= 4 is 34.4 Å². The fraction of sp³-hybridized carbons (Fsp3) is 0.435. The number of hydrogen-bond donors (Lipinski definition) is 0. The molecule has 2 aromatic rings. The number of Topliss-reactive ketones (excluding diaryl/α,β-unsaturated/α-hetero) is 2. The molecule has 0 bridgehead atoms. The van der Waals surface area contributed by atoms with Crippen LogP contribution >= 0.6 is 11.3 Å². The summed E-state index contributed by atoms with van der Waals surface area (Å²) < 4.78 is 18.6. The molecule has 2 aliphatic rings. The first-order valence-corrected chi connectivity index (χ1v) is 11.5. The highest BCUT2D eigenvalue weighted by atomic mass is 32.1. The number of aromatic nitrogens is 2. The van der Waals surface area contributed by atoms with E-state index in [4.69, 9.17) is 4.74 Å². The molecule has 0 saturated carbocycles. The number of methoxy groups -OCH3 is 1. The van der Waals surface area contributed by atoms with E-state index >= 15 is 0 Å². The molecule has 1 amide bonds. The van der Waals surface area contributed by atoms with Crippen LogP contribution in [0.2, 0.25) is 0 Å². The van der Waals surface area contributed by atoms with Crippen LogP contribution in [0.5, 0.6) is 0 Å². The molecule has 1 saturated heterocycles. The fourth-order valence-corrected chi connectivity index (χ4v) is 5.14. The molecule has 33 heavy (non-hydrogen) atoms. The Balaban J connectivity index is 1.64. The number of ketones is 2. The van der Waals surface area contributed by atoms with Crippen molar-refractivity contribution in [2.24, 2.45) is 0 Å². The van der Waals surface area contributed by atoms with Crippen LogP contribution in [0.3, 0.4) is 0 Å². The van der Waals surface area contributed by atoms with Crippen molar-refractivity contribution in [3.05, 3.63) is 51.9 Å². The normalized spacial score (nSPS) is 22.0. The van der Waals surface area contributed by atoms with Gasteiger partial charge in [0.2, 0.25) is 11.6 Å². The predicted molar refractivity (Wildman–Crippen MR) is 120 cm³/mol. The van der Waals surface area contributed by atoms with Crippen molar-refractivity contribution in [1.82, 2.24) is 20.0 Å². The molecule has 1 unspecified atom stereocenters. The summed E-state index contributed by atoms with van der Waals surface area (Å²) in [6.07, 6.45) is 1.72. The second-order valence-electron chi connectivity index (χ2n) is 8.49. The van der Waals surface area contributed by atoms with Gasteiger partial charge in [-0.15, -0.1) is 10.2 Å². The van der Waals surface area contributed by atoms with Crippen LogP contribution in [0.15, 0.2) is 30.5 Å². The van der Waals surface area contributed by atoms with Crippen LogP contribution in [0, 0.1) is 5.82 Å². The second kappa shape index (κ2) is 9.11. The molecule has 4 rings (SSSR count). The molecule has 0 radical (unpaired) electrons. The van der Waals surface area contributed by atoms with Crippen LogP contribution in [0.1, 0.15) is 36.3 Å². The van der Waals surface area contributed by atoms with Crippen molar-refractivity contribution in [3.63, 3.8) is 0 Å². The average molecular weight is 473 g/mol. The molecule has 1 aromatic carbocycles. The summed E-state index contributed by atoms with van der Waals surface area (Å²) in [5.41, 5.74) is 0.986. The van der Waals surface area contributed by atoms with Gasteiger partial charge in [-0.05, 0) is 38.5 Å². The predicted octanol–water partition coefficient (Wildman–Crippen LogP) is 2.09. The maximum absolute atomic E-state index is 13.2. The number of fused-ring (bicyclic) bond motifs is 1. The Bertz CT molecular complexity index is 1110. The SMILES string of the molecule is CO[C@H](C)[C@H]1CN2C=C(c3nnc(Cc4ccc(F)cc4)s3)C(=O)C(=O)C2C(=O)N1C(C)C. The summed E-state index contributed by atoms with van der Waals surface area (Å²) >= 11 is 1.20. The zero-order chi connectivity index (χ0) is 23.9. The summed E-state index contributed by atoms with van der Waals surface area (Å²) in [7, 11) is 1.58. The molecule has 0 aliphatic carbocycles. The number of amides is 1. The van der Waals surface area contributed by atoms with Crippen molar-refractivity contribution < 1.29 is 23.5 Å². The lowest BCUT2D eigenvalue weighted by atomic mass is 9.91. The largest absolute Gasteiger partial charge is 0.380 e. The van der Waals surface area contributed by atoms with E-state index in [9.17, 15) is 18.8 Å². The van der Waals surface area contributed by atoms with Gasteiger partial charge < -0.3 is 14.5 Å². The molecule has 3 atom stereocenters. The number of halogens is 1. The topological polar surface area (TPSA) is 92.7 Å². The summed E-state index contributed by atoms with van der Waals surface area (Å²) in [5.74, 6) is -2.22. The molecule has 0 spiro atoms. The first-order chi connectivity index (χ1) is 15.7. The number of hydrogen-bond acceptors (Lipinski definition) is 8. The molecule has 3 heterocycles. The molecule has 1 fully saturated rings. The lowest BCUT2D eigenvalue weighted by Gasteiger charge is -2.49. The minimum atomic E-state index is -1.17. The smallest absolute Gasteiger partial charge is 0.254 e. The molecular formula is C23H25FN4O4S. The molecule has 10 heteroatoms. The quantitative estimate of drug-likeness (QED) is 0.470. The van der Waals surface area contributed by atoms with E-state index in [1.165, 1.54) is 23.5 Å². The first kappa shape index (κ1) is 23.2. The van der Waals surface area contributed by atoms with Crippen LogP contribution in [-0.4, -0.2) is 75.4 Å². The van der Waals surface area contributed by atoms with Gasteiger partial charge in [-0.2, -0.15) is 0 Å². The highest BCUT2D eigenvalue weighted by Crippen LogP contribution is 2.32. The summed E-state index contributed by atoms with van der Waals surface area (Å²) in [4.78, 5) is 42.5.